The summed E-state index contributed by atoms with van der Waals surface area (Å²) in [6.45, 7) is 0.0249. The predicted molar refractivity (Wildman–Crippen MR) is 128 cm³/mol. The van der Waals surface area contributed by atoms with Gasteiger partial charge in [-0.15, -0.1) is 0 Å². The molecule has 0 radical (unpaired) electrons. The van der Waals surface area contributed by atoms with Gasteiger partial charge in [-0.2, -0.15) is 0 Å². The molecule has 0 saturated carbocycles. The molecule has 3 amide bonds. The lowest BCUT2D eigenvalue weighted by atomic mass is 10.1. The van der Waals surface area contributed by atoms with Gasteiger partial charge < -0.3 is 14.4 Å². The van der Waals surface area contributed by atoms with Crippen molar-refractivity contribution in [2.75, 3.05) is 11.7 Å². The summed E-state index contributed by atoms with van der Waals surface area (Å²) in [4.78, 5) is 52.9. The molecule has 0 bridgehead atoms. The molecule has 1 saturated heterocycles. The van der Waals surface area contributed by atoms with Crippen LogP contribution >= 0.6 is 11.6 Å². The molecule has 0 aromatic heterocycles. The number of amides is 3. The molecule has 2 aliphatic rings. The van der Waals surface area contributed by atoms with Crippen LogP contribution in [0.4, 0.5) is 11.4 Å². The number of nitro benzene ring substituents is 1. The molecule has 0 N–H and O–H groups in total. The smallest absolute Gasteiger partial charge is 0.270 e. The molecule has 0 aliphatic carbocycles. The van der Waals surface area contributed by atoms with Gasteiger partial charge in [0.25, 0.3) is 17.5 Å². The molecule has 5 rings (SSSR count). The van der Waals surface area contributed by atoms with E-state index in [1.807, 2.05) is 0 Å². The minimum atomic E-state index is -1.12. The molecule has 2 heterocycles. The van der Waals surface area contributed by atoms with Crippen molar-refractivity contribution in [3.8, 4) is 11.5 Å². The van der Waals surface area contributed by atoms with Gasteiger partial charge in [-0.25, -0.2) is 4.90 Å². The topological polar surface area (TPSA) is 119 Å². The number of rotatable bonds is 6. The zero-order valence-electron chi connectivity index (χ0n) is 18.6. The molecular formula is C25H18ClN3O7. The van der Waals surface area contributed by atoms with Crippen molar-refractivity contribution in [3.05, 3.63) is 93.0 Å². The molecule has 3 aromatic rings. The maximum absolute atomic E-state index is 13.6. The van der Waals surface area contributed by atoms with Crippen LogP contribution in [0.5, 0.6) is 11.5 Å². The first-order valence-corrected chi connectivity index (χ1v) is 11.3. The van der Waals surface area contributed by atoms with Crippen molar-refractivity contribution >= 4 is 40.7 Å². The van der Waals surface area contributed by atoms with Crippen molar-refractivity contribution in [1.82, 2.24) is 4.90 Å². The lowest BCUT2D eigenvalue weighted by Gasteiger charge is -2.28. The Morgan fingerprint density at radius 1 is 1.06 bits per heavy atom. The Morgan fingerprint density at radius 3 is 2.56 bits per heavy atom. The van der Waals surface area contributed by atoms with E-state index in [0.717, 1.165) is 11.0 Å². The van der Waals surface area contributed by atoms with Gasteiger partial charge in [-0.1, -0.05) is 23.7 Å². The first-order valence-electron chi connectivity index (χ1n) is 10.9. The van der Waals surface area contributed by atoms with Crippen LogP contribution < -0.4 is 14.4 Å². The van der Waals surface area contributed by atoms with Crippen molar-refractivity contribution < 1.29 is 28.8 Å². The second kappa shape index (κ2) is 9.31. The number of benzene rings is 3. The first-order chi connectivity index (χ1) is 17.3. The Hall–Kier alpha value is -4.44. The minimum Gasteiger partial charge on any atom is -0.454 e. The highest BCUT2D eigenvalue weighted by Crippen LogP contribution is 2.34. The number of nitro groups is 1. The van der Waals surface area contributed by atoms with E-state index >= 15 is 0 Å². The Bertz CT molecular complexity index is 1390. The number of nitrogens with zero attached hydrogens (tertiary/aromatic N) is 3. The van der Waals surface area contributed by atoms with Crippen molar-refractivity contribution in [2.45, 2.75) is 19.0 Å². The Morgan fingerprint density at radius 2 is 1.81 bits per heavy atom. The quantitative estimate of drug-likeness (QED) is 0.281. The summed E-state index contributed by atoms with van der Waals surface area (Å²) in [6.07, 6.45) is -0.243. The summed E-state index contributed by atoms with van der Waals surface area (Å²) in [5.41, 5.74) is 0.724. The van der Waals surface area contributed by atoms with Crippen LogP contribution in [0.3, 0.4) is 0 Å². The molecule has 1 unspecified atom stereocenters. The van der Waals surface area contributed by atoms with Crippen LogP contribution in [0.2, 0.25) is 5.02 Å². The molecule has 36 heavy (non-hydrogen) atoms. The monoisotopic (exact) mass is 507 g/mol. The third-order valence-electron chi connectivity index (χ3n) is 5.94. The maximum atomic E-state index is 13.6. The van der Waals surface area contributed by atoms with Gasteiger partial charge in [-0.3, -0.25) is 24.5 Å². The number of imide groups is 1. The van der Waals surface area contributed by atoms with E-state index < -0.39 is 28.7 Å². The SMILES string of the molecule is O=C1CC(N(Cc2ccc3c(c2)OCO3)C(=O)c2cccc([N+](=O)[O-])c2)C(=O)N1c1ccc(Cl)cc1. The van der Waals surface area contributed by atoms with Crippen LogP contribution in [-0.2, 0) is 16.1 Å². The zero-order chi connectivity index (χ0) is 25.4. The standard InChI is InChI=1S/C25H18ClN3O7/c26-17-5-7-18(8-6-17)28-23(30)12-20(25(28)32)27(13-15-4-9-21-22(10-15)36-14-35-21)24(31)16-2-1-3-19(11-16)29(33)34/h1-11,20H,12-14H2. The lowest BCUT2D eigenvalue weighted by molar-refractivity contribution is -0.384. The number of non-ortho nitro benzene ring substituents is 1. The summed E-state index contributed by atoms with van der Waals surface area (Å²) in [7, 11) is 0. The third kappa shape index (κ3) is 4.34. The first kappa shape index (κ1) is 23.3. The predicted octanol–water partition coefficient (Wildman–Crippen LogP) is 3.95. The van der Waals surface area contributed by atoms with Crippen molar-refractivity contribution in [1.29, 1.82) is 0 Å². The van der Waals surface area contributed by atoms with Crippen LogP contribution in [0.25, 0.3) is 0 Å². The molecule has 0 spiro atoms. The van der Waals surface area contributed by atoms with Crippen LogP contribution in [0, 0.1) is 10.1 Å². The Labute approximate surface area is 209 Å². The molecule has 2 aliphatic heterocycles. The van der Waals surface area contributed by atoms with Gasteiger partial charge in [0.1, 0.15) is 6.04 Å². The van der Waals surface area contributed by atoms with E-state index in [1.54, 1.807) is 42.5 Å². The van der Waals surface area contributed by atoms with Gasteiger partial charge in [0.2, 0.25) is 12.7 Å². The summed E-state index contributed by atoms with van der Waals surface area (Å²) >= 11 is 5.94. The molecule has 10 nitrogen and oxygen atoms in total. The number of hydrogen-bond donors (Lipinski definition) is 0. The number of ether oxygens (including phenoxy) is 2. The number of halogens is 1. The maximum Gasteiger partial charge on any atom is 0.270 e. The van der Waals surface area contributed by atoms with E-state index in [4.69, 9.17) is 21.1 Å². The van der Waals surface area contributed by atoms with Crippen molar-refractivity contribution in [3.63, 3.8) is 0 Å². The second-order valence-corrected chi connectivity index (χ2v) is 8.63. The summed E-state index contributed by atoms with van der Waals surface area (Å²) in [6, 6.07) is 15.4. The van der Waals surface area contributed by atoms with Gasteiger partial charge in [0.05, 0.1) is 17.0 Å². The lowest BCUT2D eigenvalue weighted by Crippen LogP contribution is -2.45. The number of carbonyl (C=O) groups is 3. The van der Waals surface area contributed by atoms with Crippen LogP contribution in [0.1, 0.15) is 22.3 Å². The molecule has 1 fully saturated rings. The fourth-order valence-electron chi connectivity index (χ4n) is 4.20. The minimum absolute atomic E-state index is 0.0233. The van der Waals surface area contributed by atoms with E-state index in [9.17, 15) is 24.5 Å². The fourth-order valence-corrected chi connectivity index (χ4v) is 4.32. The van der Waals surface area contributed by atoms with Gasteiger partial charge >= 0.3 is 0 Å². The van der Waals surface area contributed by atoms with Crippen LogP contribution in [0.15, 0.2) is 66.7 Å². The highest BCUT2D eigenvalue weighted by molar-refractivity contribution is 6.31. The molecule has 3 aromatic carbocycles. The van der Waals surface area contributed by atoms with E-state index in [1.165, 1.54) is 23.1 Å². The second-order valence-electron chi connectivity index (χ2n) is 8.19. The average Bonchev–Trinajstić information content (AvgIpc) is 3.46. The number of fused-ring (bicyclic) bond motifs is 1. The zero-order valence-corrected chi connectivity index (χ0v) is 19.4. The summed E-state index contributed by atoms with van der Waals surface area (Å²) < 4.78 is 10.7. The van der Waals surface area contributed by atoms with Gasteiger partial charge in [-0.05, 0) is 48.0 Å². The molecular weight excluding hydrogens is 490 g/mol. The van der Waals surface area contributed by atoms with Crippen LogP contribution in [-0.4, -0.2) is 40.4 Å². The Balaban J connectivity index is 1.51. The largest absolute Gasteiger partial charge is 0.454 e. The van der Waals surface area contributed by atoms with Gasteiger partial charge in [0, 0.05) is 29.3 Å². The van der Waals surface area contributed by atoms with E-state index in [2.05, 4.69) is 0 Å². The fraction of sp³-hybridized carbons (Fsp3) is 0.160. The van der Waals surface area contributed by atoms with E-state index in [0.29, 0.717) is 27.8 Å². The Kier molecular flexibility index (Phi) is 6.03. The normalized spacial score (nSPS) is 16.4. The highest BCUT2D eigenvalue weighted by Gasteiger charge is 2.44. The average molecular weight is 508 g/mol. The number of hydrogen-bond acceptors (Lipinski definition) is 7. The van der Waals surface area contributed by atoms with E-state index in [-0.39, 0.29) is 31.0 Å². The number of anilines is 1. The molecule has 11 heteroatoms. The molecule has 1 atom stereocenters. The number of carbonyl (C=O) groups excluding carboxylic acids is 3. The van der Waals surface area contributed by atoms with Gasteiger partial charge in [0.15, 0.2) is 11.5 Å². The molecule has 182 valence electrons. The highest BCUT2D eigenvalue weighted by atomic mass is 35.5. The van der Waals surface area contributed by atoms with Crippen molar-refractivity contribution in [2.24, 2.45) is 0 Å². The summed E-state index contributed by atoms with van der Waals surface area (Å²) in [5.74, 6) is -0.639. The summed E-state index contributed by atoms with van der Waals surface area (Å²) in [5, 5.41) is 11.7. The third-order valence-corrected chi connectivity index (χ3v) is 6.19.